The van der Waals surface area contributed by atoms with Gasteiger partial charge in [0.25, 0.3) is 0 Å². The van der Waals surface area contributed by atoms with Crippen molar-refractivity contribution >= 4 is 11.5 Å². The largest absolute Gasteiger partial charge is 0.398 e. The first-order valence-corrected chi connectivity index (χ1v) is 5.97. The van der Waals surface area contributed by atoms with Crippen LogP contribution in [0.1, 0.15) is 11.1 Å². The number of benzene rings is 1. The molecule has 18 heavy (non-hydrogen) atoms. The smallest absolute Gasteiger partial charge is 0.141 e. The van der Waals surface area contributed by atoms with Crippen LogP contribution in [0, 0.1) is 5.82 Å². The van der Waals surface area contributed by atoms with E-state index in [9.17, 15) is 4.39 Å². The Balaban J connectivity index is 1.90. The van der Waals surface area contributed by atoms with Gasteiger partial charge in [-0.1, -0.05) is 12.1 Å². The van der Waals surface area contributed by atoms with E-state index in [0.29, 0.717) is 0 Å². The van der Waals surface area contributed by atoms with Crippen LogP contribution in [0.25, 0.3) is 0 Å². The topological polar surface area (TPSA) is 42.1 Å². The molecular weight excluding hydrogens is 229 g/mol. The van der Waals surface area contributed by atoms with Crippen molar-refractivity contribution in [2.24, 2.45) is 0 Å². The van der Waals surface area contributed by atoms with Gasteiger partial charge >= 0.3 is 0 Å². The third-order valence-electron chi connectivity index (χ3n) is 3.35. The van der Waals surface area contributed by atoms with E-state index in [2.05, 4.69) is 16.0 Å². The van der Waals surface area contributed by atoms with Crippen molar-refractivity contribution in [3.05, 3.63) is 53.5 Å². The molecule has 2 aromatic rings. The molecule has 92 valence electrons. The maximum absolute atomic E-state index is 12.9. The van der Waals surface area contributed by atoms with Crippen LogP contribution in [-0.4, -0.2) is 11.5 Å². The zero-order valence-electron chi connectivity index (χ0n) is 9.94. The quantitative estimate of drug-likeness (QED) is 0.782. The first-order chi connectivity index (χ1) is 8.74. The summed E-state index contributed by atoms with van der Waals surface area (Å²) in [6, 6.07) is 9.16. The lowest BCUT2D eigenvalue weighted by atomic mass is 9.98. The number of rotatable bonds is 1. The van der Waals surface area contributed by atoms with Gasteiger partial charge in [0.05, 0.1) is 6.20 Å². The highest BCUT2D eigenvalue weighted by Crippen LogP contribution is 2.26. The molecule has 0 atom stereocenters. The molecular formula is C14H14FN3. The van der Waals surface area contributed by atoms with Crippen molar-refractivity contribution in [1.82, 2.24) is 4.98 Å². The Labute approximate surface area is 105 Å². The van der Waals surface area contributed by atoms with Crippen molar-refractivity contribution in [3.63, 3.8) is 0 Å². The molecule has 2 heterocycles. The number of pyridine rings is 1. The summed E-state index contributed by atoms with van der Waals surface area (Å²) in [7, 11) is 0. The molecule has 0 amide bonds. The zero-order valence-corrected chi connectivity index (χ0v) is 9.94. The Hall–Kier alpha value is -2.10. The minimum Gasteiger partial charge on any atom is -0.398 e. The Kier molecular flexibility index (Phi) is 2.63. The van der Waals surface area contributed by atoms with E-state index in [1.54, 1.807) is 6.07 Å². The summed E-state index contributed by atoms with van der Waals surface area (Å²) in [6.45, 7) is 1.62. The Morgan fingerprint density at radius 1 is 1.22 bits per heavy atom. The van der Waals surface area contributed by atoms with E-state index >= 15 is 0 Å². The fraction of sp³-hybridized carbons (Fsp3) is 0.214. The maximum atomic E-state index is 12.9. The van der Waals surface area contributed by atoms with Crippen molar-refractivity contribution in [2.45, 2.75) is 13.0 Å². The van der Waals surface area contributed by atoms with Gasteiger partial charge in [-0.2, -0.15) is 0 Å². The molecule has 1 aromatic heterocycles. The molecule has 3 nitrogen and oxygen atoms in total. The summed E-state index contributed by atoms with van der Waals surface area (Å²) >= 11 is 0. The van der Waals surface area contributed by atoms with Crippen LogP contribution in [0.15, 0.2) is 36.5 Å². The van der Waals surface area contributed by atoms with Gasteiger partial charge in [-0.25, -0.2) is 9.37 Å². The molecule has 0 bridgehead atoms. The summed E-state index contributed by atoms with van der Waals surface area (Å²) in [4.78, 5) is 6.24. The lowest BCUT2D eigenvalue weighted by Gasteiger charge is -2.30. The zero-order chi connectivity index (χ0) is 12.5. The SMILES string of the molecule is Nc1cccc2c1CN(c1ccc(F)cn1)CC2. The van der Waals surface area contributed by atoms with E-state index < -0.39 is 0 Å². The second-order valence-electron chi connectivity index (χ2n) is 4.49. The predicted molar refractivity (Wildman–Crippen MR) is 69.8 cm³/mol. The summed E-state index contributed by atoms with van der Waals surface area (Å²) in [5, 5.41) is 0. The lowest BCUT2D eigenvalue weighted by molar-refractivity contribution is 0.619. The van der Waals surface area contributed by atoms with E-state index in [0.717, 1.165) is 36.6 Å². The molecule has 1 aromatic carbocycles. The first-order valence-electron chi connectivity index (χ1n) is 5.97. The van der Waals surface area contributed by atoms with Gasteiger partial charge in [-0.3, -0.25) is 0 Å². The highest BCUT2D eigenvalue weighted by atomic mass is 19.1. The monoisotopic (exact) mass is 243 g/mol. The molecule has 0 saturated heterocycles. The number of anilines is 2. The molecule has 1 aliphatic rings. The standard InChI is InChI=1S/C14H14FN3/c15-11-4-5-14(17-8-11)18-7-6-10-2-1-3-13(16)12(10)9-18/h1-5,8H,6-7,9,16H2. The van der Waals surface area contributed by atoms with Crippen LogP contribution >= 0.6 is 0 Å². The van der Waals surface area contributed by atoms with Gasteiger partial charge < -0.3 is 10.6 Å². The van der Waals surface area contributed by atoms with Gasteiger partial charge in [0.2, 0.25) is 0 Å². The highest BCUT2D eigenvalue weighted by molar-refractivity contribution is 5.55. The van der Waals surface area contributed by atoms with Crippen LogP contribution in [0.5, 0.6) is 0 Å². The summed E-state index contributed by atoms with van der Waals surface area (Å²) in [5.74, 6) is 0.487. The molecule has 0 aliphatic carbocycles. The van der Waals surface area contributed by atoms with Crippen LogP contribution in [0.4, 0.5) is 15.9 Å². The molecule has 2 N–H and O–H groups in total. The fourth-order valence-corrected chi connectivity index (χ4v) is 2.36. The van der Waals surface area contributed by atoms with E-state index in [1.165, 1.54) is 17.8 Å². The predicted octanol–water partition coefficient (Wildman–Crippen LogP) is 2.37. The third kappa shape index (κ3) is 1.90. The fourth-order valence-electron chi connectivity index (χ4n) is 2.36. The maximum Gasteiger partial charge on any atom is 0.141 e. The summed E-state index contributed by atoms with van der Waals surface area (Å²) in [6.07, 6.45) is 2.19. The minimum absolute atomic E-state index is 0.310. The molecule has 3 rings (SSSR count). The summed E-state index contributed by atoms with van der Waals surface area (Å²) < 4.78 is 12.9. The Morgan fingerprint density at radius 2 is 2.11 bits per heavy atom. The number of nitrogens with zero attached hydrogens (tertiary/aromatic N) is 2. The van der Waals surface area contributed by atoms with E-state index in [1.807, 2.05) is 12.1 Å². The lowest BCUT2D eigenvalue weighted by Crippen LogP contribution is -2.31. The number of nitrogens with two attached hydrogens (primary N) is 1. The molecule has 0 saturated carbocycles. The van der Waals surface area contributed by atoms with Gasteiger partial charge in [-0.05, 0) is 35.7 Å². The van der Waals surface area contributed by atoms with Crippen LogP contribution in [-0.2, 0) is 13.0 Å². The van der Waals surface area contributed by atoms with Gasteiger partial charge in [0.15, 0.2) is 0 Å². The third-order valence-corrected chi connectivity index (χ3v) is 3.35. The Bertz CT molecular complexity index is 566. The first kappa shape index (κ1) is 11.0. The van der Waals surface area contributed by atoms with E-state index in [-0.39, 0.29) is 5.82 Å². The second kappa shape index (κ2) is 4.29. The van der Waals surface area contributed by atoms with Gasteiger partial charge in [-0.15, -0.1) is 0 Å². The average Bonchev–Trinajstić information content (AvgIpc) is 2.40. The second-order valence-corrected chi connectivity index (χ2v) is 4.49. The number of hydrogen-bond acceptors (Lipinski definition) is 3. The number of aromatic nitrogens is 1. The van der Waals surface area contributed by atoms with Crippen molar-refractivity contribution in [3.8, 4) is 0 Å². The molecule has 0 radical (unpaired) electrons. The molecule has 1 aliphatic heterocycles. The summed E-state index contributed by atoms with van der Waals surface area (Å²) in [5.41, 5.74) is 9.28. The minimum atomic E-state index is -0.310. The molecule has 0 fully saturated rings. The average molecular weight is 243 g/mol. The van der Waals surface area contributed by atoms with Gasteiger partial charge in [0, 0.05) is 18.8 Å². The van der Waals surface area contributed by atoms with Crippen molar-refractivity contribution in [2.75, 3.05) is 17.2 Å². The highest BCUT2D eigenvalue weighted by Gasteiger charge is 2.18. The normalized spacial score (nSPS) is 14.4. The van der Waals surface area contributed by atoms with Crippen molar-refractivity contribution < 1.29 is 4.39 Å². The number of nitrogen functional groups attached to an aromatic ring is 1. The molecule has 4 heteroatoms. The van der Waals surface area contributed by atoms with Crippen LogP contribution < -0.4 is 10.6 Å². The number of halogens is 1. The number of hydrogen-bond donors (Lipinski definition) is 1. The molecule has 0 unspecified atom stereocenters. The van der Waals surface area contributed by atoms with Crippen LogP contribution in [0.2, 0.25) is 0 Å². The van der Waals surface area contributed by atoms with E-state index in [4.69, 9.17) is 5.73 Å². The van der Waals surface area contributed by atoms with Gasteiger partial charge in [0.1, 0.15) is 11.6 Å². The molecule has 0 spiro atoms. The number of fused-ring (bicyclic) bond motifs is 1. The Morgan fingerprint density at radius 3 is 2.89 bits per heavy atom. The van der Waals surface area contributed by atoms with Crippen LogP contribution in [0.3, 0.4) is 0 Å². The van der Waals surface area contributed by atoms with Crippen molar-refractivity contribution in [1.29, 1.82) is 0 Å².